The molecule has 0 radical (unpaired) electrons. The van der Waals surface area contributed by atoms with Crippen molar-refractivity contribution in [1.82, 2.24) is 29.3 Å². The zero-order valence-electron chi connectivity index (χ0n) is 16.6. The highest BCUT2D eigenvalue weighted by Gasteiger charge is 2.30. The van der Waals surface area contributed by atoms with Gasteiger partial charge in [0.05, 0.1) is 10.6 Å². The van der Waals surface area contributed by atoms with Gasteiger partial charge in [-0.3, -0.25) is 0 Å². The van der Waals surface area contributed by atoms with E-state index in [0.29, 0.717) is 35.1 Å². The van der Waals surface area contributed by atoms with Crippen LogP contribution in [0.2, 0.25) is 5.02 Å². The van der Waals surface area contributed by atoms with E-state index in [2.05, 4.69) is 20.3 Å². The second-order valence-electron chi connectivity index (χ2n) is 7.19. The Morgan fingerprint density at radius 3 is 2.28 bits per heavy atom. The number of halogens is 2. The summed E-state index contributed by atoms with van der Waals surface area (Å²) in [6.45, 7) is 1.35. The van der Waals surface area contributed by atoms with E-state index in [4.69, 9.17) is 11.6 Å². The van der Waals surface area contributed by atoms with Crippen LogP contribution in [-0.2, 0) is 10.0 Å². The summed E-state index contributed by atoms with van der Waals surface area (Å²) in [6.07, 6.45) is 1.44. The van der Waals surface area contributed by atoms with Crippen LogP contribution in [0.25, 0.3) is 16.9 Å². The highest BCUT2D eigenvalue weighted by atomic mass is 35.5. The van der Waals surface area contributed by atoms with Gasteiger partial charge in [-0.2, -0.15) is 8.99 Å². The van der Waals surface area contributed by atoms with Gasteiger partial charge < -0.3 is 4.90 Å². The van der Waals surface area contributed by atoms with Gasteiger partial charge in [-0.25, -0.2) is 22.8 Å². The minimum atomic E-state index is -3.70. The number of piperazine rings is 1. The Balaban J connectivity index is 1.38. The number of aromatic nitrogens is 5. The molecule has 9 nitrogen and oxygen atoms in total. The third-order valence-electron chi connectivity index (χ3n) is 5.28. The Bertz CT molecular complexity index is 1370. The van der Waals surface area contributed by atoms with Crippen molar-refractivity contribution in [3.8, 4) is 5.69 Å². The molecule has 32 heavy (non-hydrogen) atoms. The lowest BCUT2D eigenvalue weighted by Gasteiger charge is -2.34. The Kier molecular flexibility index (Phi) is 5.24. The second-order valence-corrected chi connectivity index (χ2v) is 9.57. The van der Waals surface area contributed by atoms with Crippen molar-refractivity contribution in [2.45, 2.75) is 4.90 Å². The number of sulfonamides is 1. The number of anilines is 1. The number of benzene rings is 2. The molecular formula is C20H17ClFN7O2S. The van der Waals surface area contributed by atoms with E-state index in [9.17, 15) is 12.8 Å². The molecule has 5 rings (SSSR count). The summed E-state index contributed by atoms with van der Waals surface area (Å²) in [6, 6.07) is 12.0. The van der Waals surface area contributed by atoms with Gasteiger partial charge in [0, 0.05) is 31.2 Å². The van der Waals surface area contributed by atoms with E-state index in [1.54, 1.807) is 16.8 Å². The SMILES string of the molecule is O=S(=O)(c1ccc(F)cc1)N1CCN(c2ncnc3c2nnn3-c2ccc(Cl)cc2)CC1. The molecule has 3 heterocycles. The van der Waals surface area contributed by atoms with Crippen LogP contribution < -0.4 is 4.90 Å². The van der Waals surface area contributed by atoms with Gasteiger partial charge in [-0.1, -0.05) is 16.8 Å². The van der Waals surface area contributed by atoms with Crippen LogP contribution in [0.1, 0.15) is 0 Å². The molecule has 0 bridgehead atoms. The molecule has 0 atom stereocenters. The van der Waals surface area contributed by atoms with Gasteiger partial charge in [0.15, 0.2) is 17.0 Å². The maximum Gasteiger partial charge on any atom is 0.243 e. The lowest BCUT2D eigenvalue weighted by molar-refractivity contribution is 0.384. The molecule has 4 aromatic rings. The Morgan fingerprint density at radius 2 is 1.59 bits per heavy atom. The monoisotopic (exact) mass is 473 g/mol. The lowest BCUT2D eigenvalue weighted by atomic mass is 10.3. The van der Waals surface area contributed by atoms with Crippen molar-refractivity contribution in [2.75, 3.05) is 31.1 Å². The van der Waals surface area contributed by atoms with Gasteiger partial charge in [0.25, 0.3) is 0 Å². The quantitative estimate of drug-likeness (QED) is 0.449. The van der Waals surface area contributed by atoms with Gasteiger partial charge >= 0.3 is 0 Å². The average Bonchev–Trinajstić information content (AvgIpc) is 3.24. The minimum absolute atomic E-state index is 0.0719. The first-order valence-corrected chi connectivity index (χ1v) is 11.6. The number of hydrogen-bond acceptors (Lipinski definition) is 7. The molecule has 1 fully saturated rings. The molecular weight excluding hydrogens is 457 g/mol. The number of fused-ring (bicyclic) bond motifs is 1. The number of nitrogens with zero attached hydrogens (tertiary/aromatic N) is 7. The molecule has 1 aliphatic heterocycles. The highest BCUT2D eigenvalue weighted by Crippen LogP contribution is 2.25. The molecule has 0 unspecified atom stereocenters. The topological polar surface area (TPSA) is 97.1 Å². The molecule has 164 valence electrons. The molecule has 0 N–H and O–H groups in total. The molecule has 0 amide bonds. The van der Waals surface area contributed by atoms with E-state index in [1.807, 2.05) is 17.0 Å². The minimum Gasteiger partial charge on any atom is -0.352 e. The van der Waals surface area contributed by atoms with E-state index in [0.717, 1.165) is 17.8 Å². The molecule has 2 aromatic carbocycles. The highest BCUT2D eigenvalue weighted by molar-refractivity contribution is 7.89. The van der Waals surface area contributed by atoms with Crippen molar-refractivity contribution < 1.29 is 12.8 Å². The standard InChI is InChI=1S/C20H17ClFN7O2S/c21-14-1-5-16(6-2-14)29-20-18(25-26-29)19(23-13-24-20)27-9-11-28(12-10-27)32(30,31)17-7-3-15(22)4-8-17/h1-8,13H,9-12H2. The third kappa shape index (κ3) is 3.68. The van der Waals surface area contributed by atoms with E-state index in [-0.39, 0.29) is 18.0 Å². The van der Waals surface area contributed by atoms with E-state index in [1.165, 1.54) is 22.8 Å². The fourth-order valence-corrected chi connectivity index (χ4v) is 5.17. The van der Waals surface area contributed by atoms with Crippen molar-refractivity contribution in [1.29, 1.82) is 0 Å². The zero-order valence-corrected chi connectivity index (χ0v) is 18.2. The largest absolute Gasteiger partial charge is 0.352 e. The Morgan fingerprint density at radius 1 is 0.906 bits per heavy atom. The molecule has 1 aliphatic rings. The van der Waals surface area contributed by atoms with Crippen LogP contribution in [0.4, 0.5) is 10.2 Å². The number of rotatable bonds is 4. The molecule has 12 heteroatoms. The van der Waals surface area contributed by atoms with Crippen molar-refractivity contribution in [3.05, 3.63) is 65.7 Å². The maximum atomic E-state index is 13.2. The smallest absolute Gasteiger partial charge is 0.243 e. The predicted molar refractivity (Wildman–Crippen MR) is 117 cm³/mol. The molecule has 0 aliphatic carbocycles. The Hall–Kier alpha value is -3.15. The molecule has 0 spiro atoms. The zero-order chi connectivity index (χ0) is 22.3. The van der Waals surface area contributed by atoms with Crippen molar-refractivity contribution in [2.24, 2.45) is 0 Å². The molecule has 0 saturated carbocycles. The summed E-state index contributed by atoms with van der Waals surface area (Å²) in [5, 5.41) is 9.08. The second kappa shape index (κ2) is 8.08. The van der Waals surface area contributed by atoms with Crippen LogP contribution in [0.5, 0.6) is 0 Å². The molecule has 2 aromatic heterocycles. The maximum absolute atomic E-state index is 13.2. The van der Waals surface area contributed by atoms with Crippen molar-refractivity contribution in [3.63, 3.8) is 0 Å². The third-order valence-corrected chi connectivity index (χ3v) is 7.44. The van der Waals surface area contributed by atoms with Crippen LogP contribution in [-0.4, -0.2) is 63.9 Å². The van der Waals surface area contributed by atoms with Gasteiger partial charge in [0.1, 0.15) is 12.1 Å². The van der Waals surface area contributed by atoms with Gasteiger partial charge in [-0.15, -0.1) is 5.10 Å². The first kappa shape index (κ1) is 20.7. The number of hydrogen-bond donors (Lipinski definition) is 0. The van der Waals surface area contributed by atoms with Crippen molar-refractivity contribution >= 4 is 38.6 Å². The summed E-state index contributed by atoms with van der Waals surface area (Å²) in [4.78, 5) is 10.7. The van der Waals surface area contributed by atoms with Crippen LogP contribution in [0.3, 0.4) is 0 Å². The van der Waals surface area contributed by atoms with Gasteiger partial charge in [0.2, 0.25) is 10.0 Å². The summed E-state index contributed by atoms with van der Waals surface area (Å²) < 4.78 is 41.9. The summed E-state index contributed by atoms with van der Waals surface area (Å²) in [7, 11) is -3.70. The van der Waals surface area contributed by atoms with Crippen LogP contribution >= 0.6 is 11.6 Å². The summed E-state index contributed by atoms with van der Waals surface area (Å²) in [5.41, 5.74) is 1.83. The van der Waals surface area contributed by atoms with E-state index >= 15 is 0 Å². The fourth-order valence-electron chi connectivity index (χ4n) is 3.62. The fraction of sp³-hybridized carbons (Fsp3) is 0.200. The lowest BCUT2D eigenvalue weighted by Crippen LogP contribution is -2.49. The Labute approximate surface area is 188 Å². The summed E-state index contributed by atoms with van der Waals surface area (Å²) >= 11 is 5.97. The summed E-state index contributed by atoms with van der Waals surface area (Å²) in [5.74, 6) is 0.113. The van der Waals surface area contributed by atoms with E-state index < -0.39 is 15.8 Å². The normalized spacial score (nSPS) is 15.4. The van der Waals surface area contributed by atoms with Crippen LogP contribution in [0.15, 0.2) is 59.8 Å². The predicted octanol–water partition coefficient (Wildman–Crippen LogP) is 2.51. The first-order valence-electron chi connectivity index (χ1n) is 9.76. The van der Waals surface area contributed by atoms with Gasteiger partial charge in [-0.05, 0) is 48.5 Å². The average molecular weight is 474 g/mol. The first-order chi connectivity index (χ1) is 15.4. The molecule has 1 saturated heterocycles. The van der Waals surface area contributed by atoms with Crippen LogP contribution in [0, 0.1) is 5.82 Å².